The minimum absolute atomic E-state index is 0.668. The molecule has 0 radical (unpaired) electrons. The van der Waals surface area contributed by atoms with Crippen molar-refractivity contribution in [1.82, 2.24) is 9.55 Å². The first-order valence-corrected chi connectivity index (χ1v) is 9.95. The monoisotopic (exact) mass is 390 g/mol. The van der Waals surface area contributed by atoms with Gasteiger partial charge >= 0.3 is 0 Å². The average Bonchev–Trinajstić information content (AvgIpc) is 3.05. The molecule has 0 bridgehead atoms. The minimum atomic E-state index is 0.668. The van der Waals surface area contributed by atoms with Gasteiger partial charge in [-0.25, -0.2) is 4.98 Å². The Balaban J connectivity index is 1.50. The van der Waals surface area contributed by atoms with Crippen molar-refractivity contribution in [2.24, 2.45) is 0 Å². The lowest BCUT2D eigenvalue weighted by Crippen LogP contribution is -2.08. The van der Waals surface area contributed by atoms with E-state index in [1.807, 2.05) is 36.4 Å². The fourth-order valence-corrected chi connectivity index (χ4v) is 3.57. The smallest absolute Gasteiger partial charge is 0.119 e. The number of benzene rings is 3. The predicted octanol–water partition coefficient (Wildman–Crippen LogP) is 6.06. The van der Waals surface area contributed by atoms with Gasteiger partial charge in [0.25, 0.3) is 0 Å². The van der Waals surface area contributed by atoms with E-state index in [1.165, 1.54) is 5.56 Å². The van der Waals surface area contributed by atoms with E-state index in [1.54, 1.807) is 0 Å². The van der Waals surface area contributed by atoms with Crippen LogP contribution in [0.1, 0.15) is 23.4 Å². The largest absolute Gasteiger partial charge is 0.494 e. The lowest BCUT2D eigenvalue weighted by molar-refractivity contribution is 0.302. The molecule has 0 N–H and O–H groups in total. The summed E-state index contributed by atoms with van der Waals surface area (Å²) < 4.78 is 8.18. The van der Waals surface area contributed by atoms with Crippen molar-refractivity contribution in [3.8, 4) is 5.75 Å². The number of para-hydroxylation sites is 2. The lowest BCUT2D eigenvalue weighted by Gasteiger charge is -2.11. The lowest BCUT2D eigenvalue weighted by atomic mass is 10.1. The van der Waals surface area contributed by atoms with Gasteiger partial charge in [-0.3, -0.25) is 0 Å². The van der Waals surface area contributed by atoms with E-state index in [-0.39, 0.29) is 0 Å². The number of aryl methyl sites for hydroxylation is 2. The van der Waals surface area contributed by atoms with E-state index in [0.717, 1.165) is 46.2 Å². The molecule has 3 nitrogen and oxygen atoms in total. The number of rotatable bonds is 7. The van der Waals surface area contributed by atoms with E-state index in [4.69, 9.17) is 21.3 Å². The number of fused-ring (bicyclic) bond motifs is 1. The highest BCUT2D eigenvalue weighted by atomic mass is 35.5. The van der Waals surface area contributed by atoms with Crippen LogP contribution >= 0.6 is 11.6 Å². The second-order valence-electron chi connectivity index (χ2n) is 6.95. The number of hydrogen-bond acceptors (Lipinski definition) is 2. The highest BCUT2D eigenvalue weighted by molar-refractivity contribution is 6.31. The Morgan fingerprint density at radius 3 is 2.50 bits per heavy atom. The Hall–Kier alpha value is -2.78. The van der Waals surface area contributed by atoms with E-state index in [2.05, 4.69) is 47.9 Å². The first-order chi connectivity index (χ1) is 13.7. The standard InChI is InChI=1S/C24H23ClN2O/c1-18-11-13-20(14-12-18)28-16-6-15-27-23-10-5-4-9-22(23)26-24(27)17-19-7-2-3-8-21(19)25/h2-5,7-14H,6,15-17H2,1H3. The fourth-order valence-electron chi connectivity index (χ4n) is 3.37. The number of nitrogens with zero attached hydrogens (tertiary/aromatic N) is 2. The maximum Gasteiger partial charge on any atom is 0.119 e. The summed E-state index contributed by atoms with van der Waals surface area (Å²) in [6, 6.07) is 24.4. The third-order valence-electron chi connectivity index (χ3n) is 4.86. The van der Waals surface area contributed by atoms with Crippen LogP contribution in [0.3, 0.4) is 0 Å². The van der Waals surface area contributed by atoms with Gasteiger partial charge in [0.1, 0.15) is 11.6 Å². The summed E-state index contributed by atoms with van der Waals surface area (Å²) in [6.45, 7) is 3.60. The molecule has 0 amide bonds. The van der Waals surface area contributed by atoms with Gasteiger partial charge in [-0.1, -0.05) is 59.6 Å². The third kappa shape index (κ3) is 4.20. The average molecular weight is 391 g/mol. The van der Waals surface area contributed by atoms with Crippen molar-refractivity contribution in [2.75, 3.05) is 6.61 Å². The zero-order valence-corrected chi connectivity index (χ0v) is 16.7. The van der Waals surface area contributed by atoms with Gasteiger partial charge < -0.3 is 9.30 Å². The van der Waals surface area contributed by atoms with Gasteiger partial charge in [0.05, 0.1) is 17.6 Å². The molecule has 1 heterocycles. The second-order valence-corrected chi connectivity index (χ2v) is 7.36. The Kier molecular flexibility index (Phi) is 5.63. The molecule has 0 spiro atoms. The summed E-state index contributed by atoms with van der Waals surface area (Å²) >= 11 is 6.37. The molecule has 0 fully saturated rings. The van der Waals surface area contributed by atoms with E-state index in [0.29, 0.717) is 13.0 Å². The SMILES string of the molecule is Cc1ccc(OCCCn2c(Cc3ccccc3Cl)nc3ccccc32)cc1. The second kappa shape index (κ2) is 8.49. The van der Waals surface area contributed by atoms with Crippen LogP contribution in [0.25, 0.3) is 11.0 Å². The van der Waals surface area contributed by atoms with Crippen LogP contribution in [0.5, 0.6) is 5.75 Å². The normalized spacial score (nSPS) is 11.1. The summed E-state index contributed by atoms with van der Waals surface area (Å²) in [5.74, 6) is 1.95. The van der Waals surface area contributed by atoms with Gasteiger partial charge in [-0.05, 0) is 49.2 Å². The zero-order valence-electron chi connectivity index (χ0n) is 15.9. The molecule has 1 aromatic heterocycles. The van der Waals surface area contributed by atoms with Crippen molar-refractivity contribution in [3.05, 3.63) is 94.8 Å². The third-order valence-corrected chi connectivity index (χ3v) is 5.22. The Morgan fingerprint density at radius 1 is 0.929 bits per heavy atom. The Morgan fingerprint density at radius 2 is 1.68 bits per heavy atom. The first-order valence-electron chi connectivity index (χ1n) is 9.58. The van der Waals surface area contributed by atoms with Crippen molar-refractivity contribution >= 4 is 22.6 Å². The summed E-state index contributed by atoms with van der Waals surface area (Å²) in [6.07, 6.45) is 1.62. The van der Waals surface area contributed by atoms with Gasteiger partial charge in [-0.15, -0.1) is 0 Å². The van der Waals surface area contributed by atoms with Gasteiger partial charge in [-0.2, -0.15) is 0 Å². The van der Waals surface area contributed by atoms with Gasteiger partial charge in [0, 0.05) is 18.0 Å². The van der Waals surface area contributed by atoms with Crippen LogP contribution in [0.2, 0.25) is 5.02 Å². The zero-order chi connectivity index (χ0) is 19.3. The van der Waals surface area contributed by atoms with E-state index in [9.17, 15) is 0 Å². The van der Waals surface area contributed by atoms with Crippen LogP contribution in [-0.2, 0) is 13.0 Å². The maximum atomic E-state index is 6.37. The number of ether oxygens (including phenoxy) is 1. The molecular weight excluding hydrogens is 368 g/mol. The molecule has 28 heavy (non-hydrogen) atoms. The molecule has 0 aliphatic rings. The summed E-state index contributed by atoms with van der Waals surface area (Å²) in [5.41, 5.74) is 4.50. The molecule has 0 saturated carbocycles. The van der Waals surface area contributed by atoms with Gasteiger partial charge in [0.15, 0.2) is 0 Å². The number of hydrogen-bond donors (Lipinski definition) is 0. The summed E-state index contributed by atoms with van der Waals surface area (Å²) in [4.78, 5) is 4.86. The minimum Gasteiger partial charge on any atom is -0.494 e. The van der Waals surface area contributed by atoms with Crippen molar-refractivity contribution in [1.29, 1.82) is 0 Å². The highest BCUT2D eigenvalue weighted by Gasteiger charge is 2.12. The predicted molar refractivity (Wildman–Crippen MR) is 115 cm³/mol. The first kappa shape index (κ1) is 18.6. The molecule has 4 aromatic rings. The van der Waals surface area contributed by atoms with Crippen LogP contribution in [0.15, 0.2) is 72.8 Å². The maximum absolute atomic E-state index is 6.37. The van der Waals surface area contributed by atoms with E-state index < -0.39 is 0 Å². The highest BCUT2D eigenvalue weighted by Crippen LogP contribution is 2.23. The van der Waals surface area contributed by atoms with Gasteiger partial charge in [0.2, 0.25) is 0 Å². The fraction of sp³-hybridized carbons (Fsp3) is 0.208. The summed E-state index contributed by atoms with van der Waals surface area (Å²) in [5, 5.41) is 0.781. The number of halogens is 1. The molecule has 0 unspecified atom stereocenters. The quantitative estimate of drug-likeness (QED) is 0.359. The van der Waals surface area contributed by atoms with Crippen LogP contribution in [0, 0.1) is 6.92 Å². The Labute approximate surface area is 170 Å². The van der Waals surface area contributed by atoms with E-state index >= 15 is 0 Å². The molecule has 142 valence electrons. The Bertz CT molecular complexity index is 1070. The van der Waals surface area contributed by atoms with Crippen molar-refractivity contribution < 1.29 is 4.74 Å². The molecule has 4 rings (SSSR count). The molecule has 4 heteroatoms. The van der Waals surface area contributed by atoms with Crippen LogP contribution < -0.4 is 4.74 Å². The summed E-state index contributed by atoms with van der Waals surface area (Å²) in [7, 11) is 0. The molecule has 0 atom stereocenters. The number of imidazole rings is 1. The molecule has 0 saturated heterocycles. The van der Waals surface area contributed by atoms with Crippen LogP contribution in [-0.4, -0.2) is 16.2 Å². The topological polar surface area (TPSA) is 27.1 Å². The molecule has 0 aliphatic carbocycles. The molecule has 0 aliphatic heterocycles. The number of aromatic nitrogens is 2. The van der Waals surface area contributed by atoms with Crippen molar-refractivity contribution in [3.63, 3.8) is 0 Å². The van der Waals surface area contributed by atoms with Crippen LogP contribution in [0.4, 0.5) is 0 Å². The molecule has 3 aromatic carbocycles. The molecular formula is C24H23ClN2O. The van der Waals surface area contributed by atoms with Crippen molar-refractivity contribution in [2.45, 2.75) is 26.3 Å².